The van der Waals surface area contributed by atoms with Crippen molar-refractivity contribution in [2.24, 2.45) is 0 Å². The predicted molar refractivity (Wildman–Crippen MR) is 124 cm³/mol. The Balaban J connectivity index is 1.98. The number of hydrogen-bond donors (Lipinski definition) is 2. The number of aliphatic hydroxyl groups excluding tert-OH is 1. The van der Waals surface area contributed by atoms with Crippen LogP contribution in [0.15, 0.2) is 72.3 Å². The summed E-state index contributed by atoms with van der Waals surface area (Å²) < 4.78 is 10.6. The van der Waals surface area contributed by atoms with E-state index in [0.717, 1.165) is 0 Å². The van der Waals surface area contributed by atoms with Gasteiger partial charge in [0, 0.05) is 11.8 Å². The van der Waals surface area contributed by atoms with Gasteiger partial charge in [-0.15, -0.1) is 0 Å². The molecule has 1 atom stereocenters. The smallest absolute Gasteiger partial charge is 0.300 e. The second kappa shape index (κ2) is 8.88. The van der Waals surface area contributed by atoms with Crippen LogP contribution in [0.2, 0.25) is 5.02 Å². The summed E-state index contributed by atoms with van der Waals surface area (Å²) in [6.45, 7) is 0. The molecule has 1 heterocycles. The summed E-state index contributed by atoms with van der Waals surface area (Å²) in [5, 5.41) is 21.2. The van der Waals surface area contributed by atoms with E-state index in [9.17, 15) is 19.8 Å². The van der Waals surface area contributed by atoms with Gasteiger partial charge in [0.25, 0.3) is 11.7 Å². The molecule has 1 amide bonds. The number of carbonyl (C=O) groups excluding carboxylic acids is 2. The second-order valence-electron chi connectivity index (χ2n) is 7.28. The average molecular weight is 466 g/mol. The summed E-state index contributed by atoms with van der Waals surface area (Å²) in [4.78, 5) is 27.6. The molecule has 33 heavy (non-hydrogen) atoms. The SMILES string of the molecule is COc1ccc(/C(O)=C2/C(=O)C(=O)N(c3ccccc3)C2c2ccc(O)c(Cl)c2)c(OC)c1. The summed E-state index contributed by atoms with van der Waals surface area (Å²) in [6.07, 6.45) is 0. The first-order chi connectivity index (χ1) is 15.9. The van der Waals surface area contributed by atoms with Crippen molar-refractivity contribution >= 4 is 34.7 Å². The molecule has 0 aromatic heterocycles. The van der Waals surface area contributed by atoms with Crippen molar-refractivity contribution in [2.75, 3.05) is 19.1 Å². The second-order valence-corrected chi connectivity index (χ2v) is 7.69. The van der Waals surface area contributed by atoms with E-state index < -0.39 is 23.5 Å². The van der Waals surface area contributed by atoms with Crippen molar-refractivity contribution in [1.29, 1.82) is 0 Å². The first-order valence-electron chi connectivity index (χ1n) is 9.94. The molecule has 1 aliphatic rings. The highest BCUT2D eigenvalue weighted by Crippen LogP contribution is 2.44. The number of aromatic hydroxyl groups is 1. The van der Waals surface area contributed by atoms with Crippen LogP contribution in [0, 0.1) is 0 Å². The molecule has 3 aromatic rings. The third kappa shape index (κ3) is 3.87. The van der Waals surface area contributed by atoms with Crippen LogP contribution in [0.25, 0.3) is 5.76 Å². The first-order valence-corrected chi connectivity index (χ1v) is 10.3. The van der Waals surface area contributed by atoms with Crippen molar-refractivity contribution < 1.29 is 29.3 Å². The van der Waals surface area contributed by atoms with Crippen molar-refractivity contribution in [3.05, 3.63) is 88.5 Å². The average Bonchev–Trinajstić information content (AvgIpc) is 3.10. The number of benzene rings is 3. The number of ketones is 1. The van der Waals surface area contributed by atoms with Crippen LogP contribution in [-0.2, 0) is 9.59 Å². The maximum Gasteiger partial charge on any atom is 0.300 e. The maximum absolute atomic E-state index is 13.2. The molecule has 2 N–H and O–H groups in total. The monoisotopic (exact) mass is 465 g/mol. The fraction of sp³-hybridized carbons (Fsp3) is 0.120. The van der Waals surface area contributed by atoms with E-state index in [2.05, 4.69) is 0 Å². The Hall–Kier alpha value is -3.97. The minimum atomic E-state index is -0.989. The standard InChI is InChI=1S/C25H20ClNO6/c1-32-16-9-10-17(20(13-16)33-2)23(29)21-22(14-8-11-19(28)18(26)12-14)27(25(31)24(21)30)15-6-4-3-5-7-15/h3-13,22,28-29H,1-2H3/b23-21-. The third-order valence-corrected chi connectivity index (χ3v) is 5.73. The molecular formula is C25H20ClNO6. The summed E-state index contributed by atoms with van der Waals surface area (Å²) in [5.74, 6) is -1.45. The van der Waals surface area contributed by atoms with E-state index in [1.807, 2.05) is 0 Å². The Labute approximate surface area is 195 Å². The number of para-hydroxylation sites is 1. The third-order valence-electron chi connectivity index (χ3n) is 5.43. The number of nitrogens with zero attached hydrogens (tertiary/aromatic N) is 1. The number of rotatable bonds is 5. The van der Waals surface area contributed by atoms with Crippen LogP contribution in [0.1, 0.15) is 17.2 Å². The minimum absolute atomic E-state index is 0.0492. The number of methoxy groups -OCH3 is 2. The number of aliphatic hydroxyl groups is 1. The molecule has 0 bridgehead atoms. The zero-order chi connectivity index (χ0) is 23.7. The van der Waals surface area contributed by atoms with Crippen LogP contribution >= 0.6 is 11.6 Å². The van der Waals surface area contributed by atoms with E-state index in [0.29, 0.717) is 17.0 Å². The van der Waals surface area contributed by atoms with Crippen LogP contribution in [-0.4, -0.2) is 36.1 Å². The normalized spacial score (nSPS) is 17.3. The zero-order valence-corrected chi connectivity index (χ0v) is 18.5. The number of phenolic OH excluding ortho intramolecular Hbond substituents is 1. The molecular weight excluding hydrogens is 446 g/mol. The lowest BCUT2D eigenvalue weighted by Gasteiger charge is -2.25. The highest BCUT2D eigenvalue weighted by Gasteiger charge is 2.47. The topological polar surface area (TPSA) is 96.3 Å². The number of phenols is 1. The van der Waals surface area contributed by atoms with Crippen LogP contribution in [0.4, 0.5) is 5.69 Å². The number of halogens is 1. The maximum atomic E-state index is 13.2. The molecule has 1 fully saturated rings. The lowest BCUT2D eigenvalue weighted by Crippen LogP contribution is -2.29. The van der Waals surface area contributed by atoms with Gasteiger partial charge in [0.15, 0.2) is 0 Å². The molecule has 8 heteroatoms. The zero-order valence-electron chi connectivity index (χ0n) is 17.8. The molecule has 0 aliphatic carbocycles. The van der Waals surface area contributed by atoms with Gasteiger partial charge in [-0.2, -0.15) is 0 Å². The van der Waals surface area contributed by atoms with Crippen molar-refractivity contribution in [1.82, 2.24) is 0 Å². The van der Waals surface area contributed by atoms with Gasteiger partial charge in [-0.1, -0.05) is 35.9 Å². The van der Waals surface area contributed by atoms with Crippen LogP contribution < -0.4 is 14.4 Å². The Morgan fingerprint density at radius 3 is 2.33 bits per heavy atom. The first kappa shape index (κ1) is 22.2. The van der Waals surface area contributed by atoms with Gasteiger partial charge in [-0.25, -0.2) is 0 Å². The van der Waals surface area contributed by atoms with Gasteiger partial charge < -0.3 is 19.7 Å². The fourth-order valence-electron chi connectivity index (χ4n) is 3.84. The van der Waals surface area contributed by atoms with Crippen molar-refractivity contribution in [3.63, 3.8) is 0 Å². The number of carbonyl (C=O) groups is 2. The number of anilines is 1. The fourth-order valence-corrected chi connectivity index (χ4v) is 4.02. The van der Waals surface area contributed by atoms with Gasteiger partial charge in [0.1, 0.15) is 23.0 Å². The van der Waals surface area contributed by atoms with Gasteiger partial charge >= 0.3 is 0 Å². The predicted octanol–water partition coefficient (Wildman–Crippen LogP) is 4.69. The summed E-state index contributed by atoms with van der Waals surface area (Å²) >= 11 is 6.13. The Kier molecular flexibility index (Phi) is 5.98. The van der Waals surface area contributed by atoms with E-state index in [4.69, 9.17) is 21.1 Å². The lowest BCUT2D eigenvalue weighted by atomic mass is 9.94. The number of Topliss-reactive ketones (excluding diaryl/α,β-unsaturated/α-hetero) is 1. The largest absolute Gasteiger partial charge is 0.507 e. The van der Waals surface area contributed by atoms with Crippen molar-refractivity contribution in [2.45, 2.75) is 6.04 Å². The van der Waals surface area contributed by atoms with Crippen LogP contribution in [0.3, 0.4) is 0 Å². The molecule has 0 spiro atoms. The van der Waals surface area contributed by atoms with Gasteiger partial charge in [-0.05, 0) is 42.0 Å². The highest BCUT2D eigenvalue weighted by atomic mass is 35.5. The van der Waals surface area contributed by atoms with E-state index >= 15 is 0 Å². The minimum Gasteiger partial charge on any atom is -0.507 e. The van der Waals surface area contributed by atoms with E-state index in [1.165, 1.54) is 31.3 Å². The van der Waals surface area contributed by atoms with Gasteiger partial charge in [-0.3, -0.25) is 14.5 Å². The number of amides is 1. The molecule has 1 saturated heterocycles. The Morgan fingerprint density at radius 2 is 1.70 bits per heavy atom. The quantitative estimate of drug-likeness (QED) is 0.322. The molecule has 7 nitrogen and oxygen atoms in total. The molecule has 3 aromatic carbocycles. The number of ether oxygens (including phenoxy) is 2. The molecule has 168 valence electrons. The number of hydrogen-bond acceptors (Lipinski definition) is 6. The van der Waals surface area contributed by atoms with Crippen molar-refractivity contribution in [3.8, 4) is 17.2 Å². The Morgan fingerprint density at radius 1 is 0.970 bits per heavy atom. The summed E-state index contributed by atoms with van der Waals surface area (Å²) in [7, 11) is 2.92. The van der Waals surface area contributed by atoms with E-state index in [1.54, 1.807) is 54.6 Å². The molecule has 4 rings (SSSR count). The summed E-state index contributed by atoms with van der Waals surface area (Å²) in [5.41, 5.74) is 0.998. The van der Waals surface area contributed by atoms with E-state index in [-0.39, 0.29) is 27.7 Å². The van der Waals surface area contributed by atoms with Gasteiger partial charge in [0.2, 0.25) is 0 Å². The Bertz CT molecular complexity index is 1270. The van der Waals surface area contributed by atoms with Crippen LogP contribution in [0.5, 0.6) is 17.2 Å². The molecule has 1 unspecified atom stereocenters. The molecule has 0 radical (unpaired) electrons. The lowest BCUT2D eigenvalue weighted by molar-refractivity contribution is -0.132. The molecule has 1 aliphatic heterocycles. The van der Waals surface area contributed by atoms with Gasteiger partial charge in [0.05, 0.1) is 36.4 Å². The molecule has 0 saturated carbocycles. The highest BCUT2D eigenvalue weighted by molar-refractivity contribution is 6.51. The summed E-state index contributed by atoms with van der Waals surface area (Å²) in [6, 6.07) is 16.7.